The monoisotopic (exact) mass is 279 g/mol. The third-order valence-corrected chi connectivity index (χ3v) is 2.79. The molecule has 2 rings (SSSR count). The van der Waals surface area contributed by atoms with Crippen LogP contribution in [0.5, 0.6) is 0 Å². The molecule has 20 heavy (non-hydrogen) atoms. The Bertz CT molecular complexity index is 552. The molecule has 1 unspecified atom stereocenters. The molecule has 0 fully saturated rings. The fraction of sp³-hybridized carbons (Fsp3) is 0.500. The summed E-state index contributed by atoms with van der Waals surface area (Å²) in [5, 5.41) is 0. The van der Waals surface area contributed by atoms with Crippen molar-refractivity contribution < 1.29 is 13.9 Å². The predicted molar refractivity (Wildman–Crippen MR) is 71.5 cm³/mol. The lowest BCUT2D eigenvalue weighted by molar-refractivity contribution is 0.0235. The normalized spacial score (nSPS) is 18.4. The molecule has 1 aromatic rings. The highest BCUT2D eigenvalue weighted by atomic mass is 19.1. The summed E-state index contributed by atoms with van der Waals surface area (Å²) in [7, 11) is 0. The number of halogens is 1. The molecular weight excluding hydrogens is 261 g/mol. The van der Waals surface area contributed by atoms with Crippen molar-refractivity contribution in [2.45, 2.75) is 39.3 Å². The van der Waals surface area contributed by atoms with Gasteiger partial charge in [0.1, 0.15) is 11.6 Å². The van der Waals surface area contributed by atoms with Crippen molar-refractivity contribution in [3.8, 4) is 0 Å². The summed E-state index contributed by atoms with van der Waals surface area (Å²) in [5.41, 5.74) is -0.302. The number of carbonyl (C=O) groups excluding carboxylic acids is 1. The number of hydrogen-bond donors (Lipinski definition) is 0. The second-order valence-corrected chi connectivity index (χ2v) is 5.67. The van der Waals surface area contributed by atoms with Crippen LogP contribution in [0.2, 0.25) is 0 Å². The molecule has 6 heteroatoms. The van der Waals surface area contributed by atoms with Crippen LogP contribution < -0.4 is 0 Å². The van der Waals surface area contributed by atoms with Crippen LogP contribution in [0.15, 0.2) is 18.3 Å². The van der Waals surface area contributed by atoms with Crippen molar-refractivity contribution >= 4 is 6.09 Å². The number of ether oxygens (including phenoxy) is 1. The molecule has 0 radical (unpaired) electrons. The van der Waals surface area contributed by atoms with Crippen molar-refractivity contribution in [3.63, 3.8) is 0 Å². The second-order valence-electron chi connectivity index (χ2n) is 5.67. The summed E-state index contributed by atoms with van der Waals surface area (Å²) in [6.45, 7) is 7.42. The van der Waals surface area contributed by atoms with Gasteiger partial charge in [0.25, 0.3) is 0 Å². The molecule has 108 valence electrons. The Kier molecular flexibility index (Phi) is 3.74. The molecule has 1 aromatic heterocycles. The van der Waals surface area contributed by atoms with Crippen LogP contribution in [0.3, 0.4) is 0 Å². The lowest BCUT2D eigenvalue weighted by Crippen LogP contribution is -2.37. The van der Waals surface area contributed by atoms with E-state index in [1.807, 2.05) is 32.9 Å². The topological polar surface area (TPSA) is 55.3 Å². The molecule has 0 aliphatic carbocycles. The first-order valence-electron chi connectivity index (χ1n) is 6.43. The van der Waals surface area contributed by atoms with E-state index >= 15 is 0 Å². The maximum atomic E-state index is 13.2. The summed E-state index contributed by atoms with van der Waals surface area (Å²) in [6, 6.07) is -0.413. The average Bonchev–Trinajstić information content (AvgIpc) is 2.79. The van der Waals surface area contributed by atoms with Crippen LogP contribution in [0.25, 0.3) is 0 Å². The first-order valence-corrected chi connectivity index (χ1v) is 6.43. The molecule has 0 N–H and O–H groups in total. The minimum atomic E-state index is -0.566. The lowest BCUT2D eigenvalue weighted by Gasteiger charge is -2.27. The molecule has 0 bridgehead atoms. The molecule has 1 aliphatic rings. The Morgan fingerprint density at radius 3 is 2.80 bits per heavy atom. The van der Waals surface area contributed by atoms with Gasteiger partial charge in [-0.3, -0.25) is 4.90 Å². The van der Waals surface area contributed by atoms with Crippen LogP contribution in [0.4, 0.5) is 9.18 Å². The van der Waals surface area contributed by atoms with Crippen molar-refractivity contribution in [3.05, 3.63) is 35.7 Å². The minimum absolute atomic E-state index is 0.263. The van der Waals surface area contributed by atoms with E-state index in [2.05, 4.69) is 9.97 Å². The Balaban J connectivity index is 2.20. The summed E-state index contributed by atoms with van der Waals surface area (Å²) >= 11 is 0. The maximum absolute atomic E-state index is 13.2. The molecule has 0 spiro atoms. The summed E-state index contributed by atoms with van der Waals surface area (Å²) < 4.78 is 18.6. The largest absolute Gasteiger partial charge is 0.444 e. The van der Waals surface area contributed by atoms with Crippen molar-refractivity contribution in [1.82, 2.24) is 14.9 Å². The minimum Gasteiger partial charge on any atom is -0.444 e. The van der Waals surface area contributed by atoms with Gasteiger partial charge >= 0.3 is 6.09 Å². The van der Waals surface area contributed by atoms with E-state index < -0.39 is 23.6 Å². The Hall–Kier alpha value is -1.98. The van der Waals surface area contributed by atoms with Gasteiger partial charge in [-0.05, 0) is 27.7 Å². The highest BCUT2D eigenvalue weighted by Gasteiger charge is 2.31. The Morgan fingerprint density at radius 1 is 1.50 bits per heavy atom. The molecule has 0 aromatic carbocycles. The smallest absolute Gasteiger partial charge is 0.411 e. The van der Waals surface area contributed by atoms with Gasteiger partial charge in [-0.15, -0.1) is 0 Å². The van der Waals surface area contributed by atoms with E-state index in [-0.39, 0.29) is 5.69 Å². The number of amides is 1. The quantitative estimate of drug-likeness (QED) is 0.742. The zero-order valence-electron chi connectivity index (χ0n) is 12.1. The van der Waals surface area contributed by atoms with E-state index in [1.54, 1.807) is 6.92 Å². The standard InChI is InChI=1S/C14H18FN3O2/c1-9-10(15)8-16-12(17-9)11-6-5-7-18(11)13(19)20-14(2,3)4/h5-6,8,11H,7H2,1-4H3. The second kappa shape index (κ2) is 5.19. The molecule has 1 amide bonds. The van der Waals surface area contributed by atoms with Crippen molar-refractivity contribution in [2.75, 3.05) is 6.54 Å². The van der Waals surface area contributed by atoms with Gasteiger partial charge in [0, 0.05) is 6.54 Å². The molecule has 0 saturated heterocycles. The van der Waals surface area contributed by atoms with Gasteiger partial charge in [0.2, 0.25) is 0 Å². The summed E-state index contributed by atoms with van der Waals surface area (Å²) in [5.74, 6) is -0.0666. The van der Waals surface area contributed by atoms with Gasteiger partial charge in [-0.25, -0.2) is 19.2 Å². The third kappa shape index (κ3) is 3.12. The SMILES string of the molecule is Cc1nc(C2C=CCN2C(=O)OC(C)(C)C)ncc1F. The highest BCUT2D eigenvalue weighted by Crippen LogP contribution is 2.26. The van der Waals surface area contributed by atoms with Crippen LogP contribution in [-0.2, 0) is 4.74 Å². The number of nitrogens with zero attached hydrogens (tertiary/aromatic N) is 3. The van der Waals surface area contributed by atoms with E-state index in [0.29, 0.717) is 12.4 Å². The van der Waals surface area contributed by atoms with E-state index in [4.69, 9.17) is 4.74 Å². The molecule has 5 nitrogen and oxygen atoms in total. The number of aryl methyl sites for hydroxylation is 1. The zero-order chi connectivity index (χ0) is 14.9. The number of hydrogen-bond acceptors (Lipinski definition) is 4. The van der Waals surface area contributed by atoms with E-state index in [1.165, 1.54) is 4.90 Å². The number of rotatable bonds is 1. The summed E-state index contributed by atoms with van der Waals surface area (Å²) in [4.78, 5) is 21.7. The van der Waals surface area contributed by atoms with E-state index in [9.17, 15) is 9.18 Å². The predicted octanol–water partition coefficient (Wildman–Crippen LogP) is 2.77. The zero-order valence-corrected chi connectivity index (χ0v) is 12.1. The lowest BCUT2D eigenvalue weighted by atomic mass is 10.2. The van der Waals surface area contributed by atoms with Crippen LogP contribution in [-0.4, -0.2) is 33.1 Å². The maximum Gasteiger partial charge on any atom is 0.411 e. The van der Waals surface area contributed by atoms with Gasteiger partial charge in [0.15, 0.2) is 11.6 Å². The van der Waals surface area contributed by atoms with Crippen molar-refractivity contribution in [2.24, 2.45) is 0 Å². The van der Waals surface area contributed by atoms with Crippen molar-refractivity contribution in [1.29, 1.82) is 0 Å². The summed E-state index contributed by atoms with van der Waals surface area (Å²) in [6.07, 6.45) is 4.35. The molecule has 2 heterocycles. The highest BCUT2D eigenvalue weighted by molar-refractivity contribution is 5.70. The number of carbonyl (C=O) groups is 1. The van der Waals surface area contributed by atoms with Gasteiger partial charge in [-0.2, -0.15) is 0 Å². The first kappa shape index (κ1) is 14.4. The third-order valence-electron chi connectivity index (χ3n) is 2.79. The average molecular weight is 279 g/mol. The fourth-order valence-electron chi connectivity index (χ4n) is 1.87. The molecule has 1 aliphatic heterocycles. The van der Waals surface area contributed by atoms with Gasteiger partial charge < -0.3 is 4.74 Å². The van der Waals surface area contributed by atoms with Gasteiger partial charge in [-0.1, -0.05) is 12.2 Å². The van der Waals surface area contributed by atoms with Crippen LogP contribution >= 0.6 is 0 Å². The molecule has 1 atom stereocenters. The van der Waals surface area contributed by atoms with Crippen LogP contribution in [0.1, 0.15) is 38.3 Å². The molecule has 0 saturated carbocycles. The first-order chi connectivity index (χ1) is 9.28. The van der Waals surface area contributed by atoms with E-state index in [0.717, 1.165) is 6.20 Å². The Labute approximate surface area is 117 Å². The number of aromatic nitrogens is 2. The van der Waals surface area contributed by atoms with Crippen LogP contribution in [0, 0.1) is 12.7 Å². The Morgan fingerprint density at radius 2 is 2.20 bits per heavy atom. The molecular formula is C14H18FN3O2. The van der Waals surface area contributed by atoms with Gasteiger partial charge in [0.05, 0.1) is 11.9 Å². The fourth-order valence-corrected chi connectivity index (χ4v) is 1.87.